The van der Waals surface area contributed by atoms with Crippen LogP contribution in [0, 0.1) is 5.92 Å². The first-order chi connectivity index (χ1) is 13.7. The number of H-pyrrole nitrogens is 1. The van der Waals surface area contributed by atoms with Gasteiger partial charge in [-0.2, -0.15) is 5.06 Å². The van der Waals surface area contributed by atoms with E-state index >= 15 is 0 Å². The molecule has 4 heterocycles. The third-order valence-electron chi connectivity index (χ3n) is 7.29. The van der Waals surface area contributed by atoms with Gasteiger partial charge in [-0.05, 0) is 30.9 Å². The SMILES string of the molecule is C[C@@H]1ON(C)[C@H]2C[C@H]3c4[nH]c5c(-c6ccccc6)cccc5c4CCN3C[C@@H]12. The summed E-state index contributed by atoms with van der Waals surface area (Å²) in [6.45, 7) is 4.52. The van der Waals surface area contributed by atoms with Crippen LogP contribution in [0.2, 0.25) is 0 Å². The van der Waals surface area contributed by atoms with Crippen LogP contribution >= 0.6 is 0 Å². The van der Waals surface area contributed by atoms with E-state index in [0.717, 1.165) is 25.9 Å². The number of aromatic nitrogens is 1. The highest BCUT2D eigenvalue weighted by Crippen LogP contribution is 2.45. The number of fused-ring (bicyclic) bond motifs is 6. The molecule has 0 saturated carbocycles. The monoisotopic (exact) mass is 373 g/mol. The van der Waals surface area contributed by atoms with Crippen molar-refractivity contribution in [3.63, 3.8) is 0 Å². The number of hydrogen-bond acceptors (Lipinski definition) is 3. The molecule has 1 N–H and O–H groups in total. The summed E-state index contributed by atoms with van der Waals surface area (Å²) in [6.07, 6.45) is 2.60. The summed E-state index contributed by atoms with van der Waals surface area (Å²) in [4.78, 5) is 12.6. The van der Waals surface area contributed by atoms with E-state index in [1.807, 2.05) is 0 Å². The summed E-state index contributed by atoms with van der Waals surface area (Å²) in [6, 6.07) is 18.5. The van der Waals surface area contributed by atoms with Gasteiger partial charge in [0.05, 0.1) is 17.7 Å². The lowest BCUT2D eigenvalue weighted by molar-refractivity contribution is -0.140. The fraction of sp³-hybridized carbons (Fsp3) is 0.417. The van der Waals surface area contributed by atoms with Crippen LogP contribution in [0.25, 0.3) is 22.0 Å². The molecular weight excluding hydrogens is 346 g/mol. The largest absolute Gasteiger partial charge is 0.356 e. The first-order valence-corrected chi connectivity index (χ1v) is 10.5. The van der Waals surface area contributed by atoms with E-state index in [2.05, 4.69) is 77.4 Å². The van der Waals surface area contributed by atoms with Crippen LogP contribution in [0.4, 0.5) is 0 Å². The quantitative estimate of drug-likeness (QED) is 0.686. The number of benzene rings is 2. The molecule has 0 bridgehead atoms. The van der Waals surface area contributed by atoms with Crippen molar-refractivity contribution in [1.29, 1.82) is 0 Å². The highest BCUT2D eigenvalue weighted by molar-refractivity contribution is 5.97. The summed E-state index contributed by atoms with van der Waals surface area (Å²) in [5.41, 5.74) is 6.86. The third-order valence-corrected chi connectivity index (χ3v) is 7.29. The number of nitrogens with zero attached hydrogens (tertiary/aromatic N) is 2. The molecule has 0 amide bonds. The maximum Gasteiger partial charge on any atom is 0.0821 e. The Labute approximate surface area is 166 Å². The number of nitrogens with one attached hydrogen (secondary N) is 1. The molecule has 4 atom stereocenters. The predicted molar refractivity (Wildman–Crippen MR) is 112 cm³/mol. The Balaban J connectivity index is 1.46. The van der Waals surface area contributed by atoms with E-state index in [4.69, 9.17) is 4.84 Å². The van der Waals surface area contributed by atoms with Gasteiger partial charge >= 0.3 is 0 Å². The molecule has 0 radical (unpaired) electrons. The number of rotatable bonds is 1. The highest BCUT2D eigenvalue weighted by atomic mass is 16.7. The second kappa shape index (κ2) is 6.18. The smallest absolute Gasteiger partial charge is 0.0821 e. The minimum absolute atomic E-state index is 0.324. The molecule has 3 aliphatic heterocycles. The van der Waals surface area contributed by atoms with Gasteiger partial charge in [-0.15, -0.1) is 0 Å². The number of piperidine rings is 1. The fourth-order valence-corrected chi connectivity index (χ4v) is 5.88. The molecule has 2 saturated heterocycles. The first kappa shape index (κ1) is 16.8. The molecule has 2 aromatic carbocycles. The van der Waals surface area contributed by atoms with Gasteiger partial charge < -0.3 is 4.98 Å². The average Bonchev–Trinajstić information content (AvgIpc) is 3.24. The highest BCUT2D eigenvalue weighted by Gasteiger charge is 2.48. The normalized spacial score (nSPS) is 30.2. The van der Waals surface area contributed by atoms with Gasteiger partial charge in [-0.3, -0.25) is 9.74 Å². The van der Waals surface area contributed by atoms with Gasteiger partial charge in [0, 0.05) is 48.7 Å². The molecule has 28 heavy (non-hydrogen) atoms. The Morgan fingerprint density at radius 3 is 2.79 bits per heavy atom. The van der Waals surface area contributed by atoms with Gasteiger partial charge in [0.15, 0.2) is 0 Å². The zero-order chi connectivity index (χ0) is 18.8. The van der Waals surface area contributed by atoms with Crippen LogP contribution in [-0.2, 0) is 11.3 Å². The predicted octanol–water partition coefficient (Wildman–Crippen LogP) is 4.39. The van der Waals surface area contributed by atoms with Crippen LogP contribution in [0.15, 0.2) is 48.5 Å². The number of hydrogen-bond donors (Lipinski definition) is 1. The zero-order valence-electron chi connectivity index (χ0n) is 16.6. The molecule has 3 aliphatic rings. The van der Waals surface area contributed by atoms with E-state index in [-0.39, 0.29) is 0 Å². The molecule has 0 unspecified atom stereocenters. The van der Waals surface area contributed by atoms with Crippen molar-refractivity contribution in [3.05, 3.63) is 59.8 Å². The average molecular weight is 374 g/mol. The van der Waals surface area contributed by atoms with Crippen molar-refractivity contribution >= 4 is 10.9 Å². The summed E-state index contributed by atoms with van der Waals surface area (Å²) in [7, 11) is 2.11. The Kier molecular flexibility index (Phi) is 3.70. The van der Waals surface area contributed by atoms with Gasteiger partial charge in [0.1, 0.15) is 0 Å². The van der Waals surface area contributed by atoms with Gasteiger partial charge in [-0.1, -0.05) is 48.5 Å². The van der Waals surface area contributed by atoms with Crippen molar-refractivity contribution < 1.29 is 4.84 Å². The van der Waals surface area contributed by atoms with Crippen LogP contribution in [0.1, 0.15) is 30.6 Å². The van der Waals surface area contributed by atoms with E-state index in [0.29, 0.717) is 24.1 Å². The van der Waals surface area contributed by atoms with Crippen molar-refractivity contribution in [2.24, 2.45) is 5.92 Å². The Morgan fingerprint density at radius 1 is 1.07 bits per heavy atom. The minimum Gasteiger partial charge on any atom is -0.356 e. The van der Waals surface area contributed by atoms with E-state index in [1.54, 1.807) is 0 Å². The van der Waals surface area contributed by atoms with Crippen LogP contribution in [0.3, 0.4) is 0 Å². The Bertz CT molecular complexity index is 1030. The van der Waals surface area contributed by atoms with E-state index < -0.39 is 0 Å². The number of para-hydroxylation sites is 1. The van der Waals surface area contributed by atoms with Crippen molar-refractivity contribution in [2.75, 3.05) is 20.1 Å². The van der Waals surface area contributed by atoms with Crippen molar-refractivity contribution in [2.45, 2.75) is 38.0 Å². The van der Waals surface area contributed by atoms with Crippen molar-refractivity contribution in [3.8, 4) is 11.1 Å². The summed E-state index contributed by atoms with van der Waals surface area (Å²) >= 11 is 0. The maximum absolute atomic E-state index is 6.03. The molecule has 3 aromatic rings. The molecule has 4 heteroatoms. The minimum atomic E-state index is 0.324. The van der Waals surface area contributed by atoms with Crippen LogP contribution in [-0.4, -0.2) is 47.2 Å². The molecule has 1 aromatic heterocycles. The standard InChI is InChI=1S/C24H27N3O/c1-15-20-14-27-12-11-19-18-10-6-9-17(16-7-4-3-5-8-16)23(18)25-24(19)22(27)13-21(20)26(2)28-15/h3-10,15,20-22,25H,11-14H2,1-2H3/t15-,20-,21-,22-/m0/s1. The lowest BCUT2D eigenvalue weighted by Crippen LogP contribution is -2.50. The summed E-state index contributed by atoms with van der Waals surface area (Å²) in [5, 5.41) is 3.53. The Morgan fingerprint density at radius 2 is 1.93 bits per heavy atom. The second-order valence-corrected chi connectivity index (χ2v) is 8.70. The number of hydroxylamine groups is 2. The third kappa shape index (κ3) is 2.35. The topological polar surface area (TPSA) is 31.5 Å². The lowest BCUT2D eigenvalue weighted by Gasteiger charge is -2.44. The number of aromatic amines is 1. The lowest BCUT2D eigenvalue weighted by atomic mass is 9.81. The molecule has 4 nitrogen and oxygen atoms in total. The summed E-state index contributed by atoms with van der Waals surface area (Å²) in [5.74, 6) is 0.618. The zero-order valence-corrected chi connectivity index (χ0v) is 16.6. The van der Waals surface area contributed by atoms with Gasteiger partial charge in [0.2, 0.25) is 0 Å². The summed E-state index contributed by atoms with van der Waals surface area (Å²) < 4.78 is 0. The van der Waals surface area contributed by atoms with Crippen LogP contribution < -0.4 is 0 Å². The van der Waals surface area contributed by atoms with E-state index in [9.17, 15) is 0 Å². The van der Waals surface area contributed by atoms with Gasteiger partial charge in [0.25, 0.3) is 0 Å². The Hall–Kier alpha value is -2.14. The van der Waals surface area contributed by atoms with Crippen molar-refractivity contribution in [1.82, 2.24) is 14.9 Å². The van der Waals surface area contributed by atoms with Gasteiger partial charge in [-0.25, -0.2) is 0 Å². The van der Waals surface area contributed by atoms with Crippen LogP contribution in [0.5, 0.6) is 0 Å². The van der Waals surface area contributed by atoms with E-state index in [1.165, 1.54) is 33.3 Å². The molecular formula is C24H27N3O. The molecule has 6 rings (SSSR count). The fourth-order valence-electron chi connectivity index (χ4n) is 5.88. The maximum atomic E-state index is 6.03. The molecule has 0 aliphatic carbocycles. The second-order valence-electron chi connectivity index (χ2n) is 8.70. The molecule has 144 valence electrons. The molecule has 2 fully saturated rings. The molecule has 0 spiro atoms. The first-order valence-electron chi connectivity index (χ1n) is 10.5.